The molecule has 6 heteroatoms. The van der Waals surface area contributed by atoms with Crippen LogP contribution in [0.5, 0.6) is 0 Å². The molecule has 32 heavy (non-hydrogen) atoms. The highest BCUT2D eigenvalue weighted by Crippen LogP contribution is 2.29. The molecular formula is C26H26FN3O2. The lowest BCUT2D eigenvalue weighted by molar-refractivity contribution is -0.132. The average molecular weight is 432 g/mol. The van der Waals surface area contributed by atoms with E-state index in [1.807, 2.05) is 36.4 Å². The molecule has 1 aliphatic rings. The number of carbonyl (C=O) groups is 2. The van der Waals surface area contributed by atoms with E-state index >= 15 is 0 Å². The fourth-order valence-electron chi connectivity index (χ4n) is 4.12. The zero-order valence-electron chi connectivity index (χ0n) is 17.8. The molecule has 4 rings (SSSR count). The molecule has 1 saturated heterocycles. The molecule has 0 spiro atoms. The first-order valence-corrected chi connectivity index (χ1v) is 10.8. The highest BCUT2D eigenvalue weighted by molar-refractivity contribution is 5.96. The maximum Gasteiger partial charge on any atom is 0.254 e. The van der Waals surface area contributed by atoms with Crippen molar-refractivity contribution in [2.45, 2.75) is 6.04 Å². The van der Waals surface area contributed by atoms with Gasteiger partial charge in [-0.1, -0.05) is 72.8 Å². The summed E-state index contributed by atoms with van der Waals surface area (Å²) in [4.78, 5) is 28.9. The molecule has 3 aromatic carbocycles. The van der Waals surface area contributed by atoms with Crippen LogP contribution in [0.25, 0.3) is 0 Å². The Hall–Kier alpha value is -3.51. The fraction of sp³-hybridized carbons (Fsp3) is 0.231. The third kappa shape index (κ3) is 5.03. The summed E-state index contributed by atoms with van der Waals surface area (Å²) in [5.41, 5.74) is 2.38. The van der Waals surface area contributed by atoms with Crippen molar-refractivity contribution in [1.29, 1.82) is 0 Å². The van der Waals surface area contributed by atoms with Crippen LogP contribution in [0.4, 0.5) is 4.39 Å². The predicted molar refractivity (Wildman–Crippen MR) is 122 cm³/mol. The normalized spacial score (nSPS) is 14.4. The van der Waals surface area contributed by atoms with E-state index < -0.39 is 11.7 Å². The molecule has 1 aliphatic heterocycles. The summed E-state index contributed by atoms with van der Waals surface area (Å²) in [6.07, 6.45) is 0. The lowest BCUT2D eigenvalue weighted by Crippen LogP contribution is -2.52. The molecule has 0 bridgehead atoms. The second kappa shape index (κ2) is 10.2. The Bertz CT molecular complexity index is 1010. The fourth-order valence-corrected chi connectivity index (χ4v) is 4.12. The van der Waals surface area contributed by atoms with Crippen molar-refractivity contribution in [3.8, 4) is 0 Å². The Labute approximate surface area is 187 Å². The lowest BCUT2D eigenvalue weighted by atomic mass is 9.96. The quantitative estimate of drug-likeness (QED) is 0.650. The summed E-state index contributed by atoms with van der Waals surface area (Å²) < 4.78 is 13.8. The molecule has 1 fully saturated rings. The molecule has 164 valence electrons. The summed E-state index contributed by atoms with van der Waals surface area (Å²) >= 11 is 0. The van der Waals surface area contributed by atoms with Gasteiger partial charge in [-0.05, 0) is 23.3 Å². The zero-order valence-corrected chi connectivity index (χ0v) is 17.8. The van der Waals surface area contributed by atoms with E-state index in [9.17, 15) is 14.0 Å². The van der Waals surface area contributed by atoms with Crippen LogP contribution >= 0.6 is 0 Å². The van der Waals surface area contributed by atoms with Crippen molar-refractivity contribution in [3.05, 3.63) is 107 Å². The van der Waals surface area contributed by atoms with Gasteiger partial charge in [0.15, 0.2) is 0 Å². The summed E-state index contributed by atoms with van der Waals surface area (Å²) in [7, 11) is 0. The number of hydrogen-bond donors (Lipinski definition) is 1. The number of nitrogens with one attached hydrogen (secondary N) is 1. The van der Waals surface area contributed by atoms with Gasteiger partial charge in [-0.2, -0.15) is 0 Å². The number of halogens is 1. The third-order valence-corrected chi connectivity index (χ3v) is 5.78. The molecule has 3 aromatic rings. The maximum atomic E-state index is 13.8. The minimum Gasteiger partial charge on any atom is -0.343 e. The molecule has 0 aromatic heterocycles. The number of amides is 2. The Morgan fingerprint density at radius 1 is 0.781 bits per heavy atom. The van der Waals surface area contributed by atoms with Gasteiger partial charge in [0.05, 0.1) is 18.2 Å². The van der Waals surface area contributed by atoms with E-state index in [4.69, 9.17) is 0 Å². The molecule has 0 radical (unpaired) electrons. The molecule has 0 saturated carbocycles. The number of piperazine rings is 1. The van der Waals surface area contributed by atoms with Gasteiger partial charge in [0.2, 0.25) is 5.91 Å². The Kier molecular flexibility index (Phi) is 6.92. The molecule has 1 N–H and O–H groups in total. The molecule has 1 heterocycles. The number of carbonyl (C=O) groups excluding carboxylic acids is 2. The summed E-state index contributed by atoms with van der Waals surface area (Å²) in [5.74, 6) is -1.34. The second-order valence-corrected chi connectivity index (χ2v) is 7.80. The predicted octanol–water partition coefficient (Wildman–Crippen LogP) is 3.49. The van der Waals surface area contributed by atoms with Crippen LogP contribution in [0.15, 0.2) is 84.9 Å². The molecule has 2 amide bonds. The first kappa shape index (κ1) is 21.7. The Morgan fingerprint density at radius 2 is 1.31 bits per heavy atom. The topological polar surface area (TPSA) is 52.7 Å². The van der Waals surface area contributed by atoms with Crippen molar-refractivity contribution in [2.75, 3.05) is 32.7 Å². The van der Waals surface area contributed by atoms with Crippen LogP contribution in [0.1, 0.15) is 27.5 Å². The van der Waals surface area contributed by atoms with Crippen molar-refractivity contribution in [3.63, 3.8) is 0 Å². The van der Waals surface area contributed by atoms with E-state index in [-0.39, 0.29) is 24.1 Å². The van der Waals surface area contributed by atoms with Crippen LogP contribution in [0.3, 0.4) is 0 Å². The zero-order chi connectivity index (χ0) is 22.3. The highest BCUT2D eigenvalue weighted by atomic mass is 19.1. The van der Waals surface area contributed by atoms with E-state index in [2.05, 4.69) is 34.5 Å². The standard InChI is InChI=1S/C26H26FN3O2/c27-23-14-8-7-13-22(23)26(32)28-19-24(31)29-15-17-30(18-16-29)25(20-9-3-1-4-10-20)21-11-5-2-6-12-21/h1-14,25H,15-19H2,(H,28,32). The smallest absolute Gasteiger partial charge is 0.254 e. The van der Waals surface area contributed by atoms with E-state index in [1.54, 1.807) is 11.0 Å². The summed E-state index contributed by atoms with van der Waals surface area (Å²) in [6, 6.07) is 26.6. The third-order valence-electron chi connectivity index (χ3n) is 5.78. The van der Waals surface area contributed by atoms with Gasteiger partial charge >= 0.3 is 0 Å². The van der Waals surface area contributed by atoms with E-state index in [1.165, 1.54) is 29.3 Å². The molecular weight excluding hydrogens is 405 g/mol. The molecule has 0 atom stereocenters. The lowest BCUT2D eigenvalue weighted by Gasteiger charge is -2.39. The van der Waals surface area contributed by atoms with E-state index in [0.29, 0.717) is 13.1 Å². The first-order chi connectivity index (χ1) is 15.6. The van der Waals surface area contributed by atoms with Gasteiger partial charge in [0.25, 0.3) is 5.91 Å². The minimum atomic E-state index is -0.598. The van der Waals surface area contributed by atoms with Crippen molar-refractivity contribution in [1.82, 2.24) is 15.1 Å². The molecule has 5 nitrogen and oxygen atoms in total. The van der Waals surface area contributed by atoms with Gasteiger partial charge in [0, 0.05) is 26.2 Å². The van der Waals surface area contributed by atoms with Crippen molar-refractivity contribution >= 4 is 11.8 Å². The van der Waals surface area contributed by atoms with Crippen molar-refractivity contribution < 1.29 is 14.0 Å². The second-order valence-electron chi connectivity index (χ2n) is 7.80. The van der Waals surface area contributed by atoms with Gasteiger partial charge in [-0.3, -0.25) is 14.5 Å². The van der Waals surface area contributed by atoms with Gasteiger partial charge in [-0.15, -0.1) is 0 Å². The summed E-state index contributed by atoms with van der Waals surface area (Å²) in [6.45, 7) is 2.45. The van der Waals surface area contributed by atoms with Crippen molar-refractivity contribution in [2.24, 2.45) is 0 Å². The first-order valence-electron chi connectivity index (χ1n) is 10.8. The average Bonchev–Trinajstić information content (AvgIpc) is 2.84. The SMILES string of the molecule is O=C(NCC(=O)N1CCN(C(c2ccccc2)c2ccccc2)CC1)c1ccccc1F. The highest BCUT2D eigenvalue weighted by Gasteiger charge is 2.28. The van der Waals surface area contributed by atoms with Crippen LogP contribution < -0.4 is 5.32 Å². The largest absolute Gasteiger partial charge is 0.343 e. The molecule has 0 unspecified atom stereocenters. The van der Waals surface area contributed by atoms with Crippen LogP contribution in [-0.2, 0) is 4.79 Å². The van der Waals surface area contributed by atoms with Gasteiger partial charge < -0.3 is 10.2 Å². The van der Waals surface area contributed by atoms with E-state index in [0.717, 1.165) is 13.1 Å². The van der Waals surface area contributed by atoms with Gasteiger partial charge in [0.1, 0.15) is 5.82 Å². The minimum absolute atomic E-state index is 0.0568. The van der Waals surface area contributed by atoms with Crippen LogP contribution in [0, 0.1) is 5.82 Å². The number of nitrogens with zero attached hydrogens (tertiary/aromatic N) is 2. The van der Waals surface area contributed by atoms with Gasteiger partial charge in [-0.25, -0.2) is 4.39 Å². The molecule has 0 aliphatic carbocycles. The number of benzene rings is 3. The maximum absolute atomic E-state index is 13.8. The van der Waals surface area contributed by atoms with Crippen LogP contribution in [-0.4, -0.2) is 54.3 Å². The Morgan fingerprint density at radius 3 is 1.88 bits per heavy atom. The number of hydrogen-bond acceptors (Lipinski definition) is 3. The Balaban J connectivity index is 1.37. The van der Waals surface area contributed by atoms with Crippen LogP contribution in [0.2, 0.25) is 0 Å². The monoisotopic (exact) mass is 431 g/mol. The number of rotatable bonds is 6. The summed E-state index contributed by atoms with van der Waals surface area (Å²) in [5, 5.41) is 2.54.